The second-order valence-electron chi connectivity index (χ2n) is 29.6. The number of hydrogen-bond donors (Lipinski definition) is 2. The highest BCUT2D eigenvalue weighted by Gasteiger charge is 2.33. The van der Waals surface area contributed by atoms with E-state index in [0.29, 0.717) is 90.6 Å². The molecule has 2 N–H and O–H groups in total. The number of piperazine rings is 1. The van der Waals surface area contributed by atoms with E-state index in [9.17, 15) is 28.8 Å². The van der Waals surface area contributed by atoms with Crippen LogP contribution in [0.4, 0.5) is 0 Å². The zero-order valence-corrected chi connectivity index (χ0v) is 68.6. The van der Waals surface area contributed by atoms with E-state index in [4.69, 9.17) is 18.9 Å². The topological polar surface area (TPSA) is 170 Å². The number of esters is 4. The fraction of sp³-hybridized carbons (Fsp3) is 0.761. The second kappa shape index (κ2) is 79.2. The molecule has 608 valence electrons. The predicted molar refractivity (Wildman–Crippen MR) is 446 cm³/mol. The molecule has 0 aromatic heterocycles. The number of carbonyl (C=O) groups excluding carboxylic acids is 6. The summed E-state index contributed by atoms with van der Waals surface area (Å²) in [5.74, 6) is -1.11. The molecule has 2 atom stereocenters. The van der Waals surface area contributed by atoms with Crippen LogP contribution in [0.15, 0.2) is 97.2 Å². The van der Waals surface area contributed by atoms with Crippen LogP contribution in [-0.2, 0) is 47.7 Å². The van der Waals surface area contributed by atoms with Crippen LogP contribution in [0.25, 0.3) is 0 Å². The summed E-state index contributed by atoms with van der Waals surface area (Å²) in [5, 5.41) is 6.00. The Bertz CT molecular complexity index is 2040. The molecular weight excluding hydrogens is 1320 g/mol. The summed E-state index contributed by atoms with van der Waals surface area (Å²) in [7, 11) is 0. The van der Waals surface area contributed by atoms with Gasteiger partial charge in [-0.05, 0) is 206 Å². The van der Waals surface area contributed by atoms with Crippen LogP contribution in [0.2, 0.25) is 0 Å². The van der Waals surface area contributed by atoms with Crippen LogP contribution < -0.4 is 10.6 Å². The van der Waals surface area contributed by atoms with E-state index in [1.54, 1.807) is 0 Å². The van der Waals surface area contributed by atoms with E-state index < -0.39 is 12.1 Å². The molecule has 0 saturated carbocycles. The Labute approximate surface area is 649 Å². The quantitative estimate of drug-likeness (QED) is 0.0256. The highest BCUT2D eigenvalue weighted by Crippen LogP contribution is 2.17. The maximum Gasteiger partial charge on any atom is 0.305 e. The summed E-state index contributed by atoms with van der Waals surface area (Å²) < 4.78 is 22.9. The molecule has 1 fully saturated rings. The number of nitrogens with one attached hydrogen (secondary N) is 2. The van der Waals surface area contributed by atoms with Gasteiger partial charge in [-0.2, -0.15) is 0 Å². The van der Waals surface area contributed by atoms with Gasteiger partial charge in [0.1, 0.15) is 38.5 Å². The first kappa shape index (κ1) is 98.7. The molecule has 1 rings (SSSR count). The third kappa shape index (κ3) is 69.1. The lowest BCUT2D eigenvalue weighted by Gasteiger charge is -2.30. The van der Waals surface area contributed by atoms with E-state index >= 15 is 0 Å². The Morgan fingerprint density at radius 3 is 0.698 bits per heavy atom. The molecule has 106 heavy (non-hydrogen) atoms. The highest BCUT2D eigenvalue weighted by atomic mass is 16.5. The molecule has 0 aliphatic carbocycles. The maximum atomic E-state index is 13.5. The standard InChI is InChI=1S/C92H160N4O10/c1-5-9-13-17-21-25-29-33-37-41-45-49-53-57-61-71-87(97)103-81-77-95(78-82-104-88(98)72-62-58-54-50-46-42-38-34-30-26-22-18-14-10-6-2)75-67-65-69-85-91(101)94-86(92(102)93-85)70-66-68-76-96(79-83-105-89(99)73-63-59-55-51-47-43-39-35-31-27-23-19-15-11-7-3)80-84-106-90(100)74-64-60-56-52-48-44-40-36-32-28-24-20-16-12-8-4/h21-28,33-40,85-86H,5-20,29-32,41-84H2,1-4H3,(H,93,102)(H,94,101)/b25-21+,26-22+,27-23+,28-24+,37-33+,38-34+,39-35+,40-36+. The number of nitrogens with zero attached hydrogens (tertiary/aromatic N) is 2. The van der Waals surface area contributed by atoms with E-state index in [-0.39, 0.29) is 62.1 Å². The van der Waals surface area contributed by atoms with Crippen molar-refractivity contribution in [1.82, 2.24) is 20.4 Å². The van der Waals surface area contributed by atoms with Crippen molar-refractivity contribution in [3.63, 3.8) is 0 Å². The molecular formula is C92H160N4O10. The lowest BCUT2D eigenvalue weighted by atomic mass is 10.0. The van der Waals surface area contributed by atoms with Gasteiger partial charge in [0, 0.05) is 51.9 Å². The predicted octanol–water partition coefficient (Wildman–Crippen LogP) is 23.3. The molecule has 2 unspecified atom stereocenters. The fourth-order valence-electron chi connectivity index (χ4n) is 12.9. The van der Waals surface area contributed by atoms with Gasteiger partial charge in [0.2, 0.25) is 11.8 Å². The number of unbranched alkanes of at least 4 members (excludes halogenated alkanes) is 34. The normalized spacial score (nSPS) is 14.4. The number of allylic oxidation sites excluding steroid dienone is 16. The molecule has 1 heterocycles. The van der Waals surface area contributed by atoms with E-state index in [1.807, 2.05) is 0 Å². The molecule has 2 amide bonds. The lowest BCUT2D eigenvalue weighted by molar-refractivity contribution is -0.146. The van der Waals surface area contributed by atoms with Crippen LogP contribution >= 0.6 is 0 Å². The van der Waals surface area contributed by atoms with Crippen molar-refractivity contribution in [1.29, 1.82) is 0 Å². The minimum atomic E-state index is -0.631. The number of carbonyl (C=O) groups is 6. The molecule has 1 saturated heterocycles. The average Bonchev–Trinajstić information content (AvgIpc) is 0.850. The third-order valence-corrected chi connectivity index (χ3v) is 19.7. The zero-order chi connectivity index (χ0) is 76.6. The van der Waals surface area contributed by atoms with Crippen molar-refractivity contribution in [2.45, 2.75) is 387 Å². The Balaban J connectivity index is 2.68. The largest absolute Gasteiger partial charge is 0.464 e. The van der Waals surface area contributed by atoms with E-state index in [1.165, 1.54) is 103 Å². The third-order valence-electron chi connectivity index (χ3n) is 19.7. The first-order valence-corrected chi connectivity index (χ1v) is 44.0. The lowest BCUT2D eigenvalue weighted by Crippen LogP contribution is -2.61. The zero-order valence-electron chi connectivity index (χ0n) is 68.6. The van der Waals surface area contributed by atoms with Crippen LogP contribution in [-0.4, -0.2) is 123 Å². The molecule has 1 aliphatic heterocycles. The van der Waals surface area contributed by atoms with Crippen molar-refractivity contribution in [3.8, 4) is 0 Å². The van der Waals surface area contributed by atoms with Crippen molar-refractivity contribution in [2.24, 2.45) is 0 Å². The number of amides is 2. The minimum absolute atomic E-state index is 0.182. The summed E-state index contributed by atoms with van der Waals surface area (Å²) in [5.41, 5.74) is 0. The summed E-state index contributed by atoms with van der Waals surface area (Å²) in [6, 6.07) is -1.26. The van der Waals surface area contributed by atoms with Crippen LogP contribution in [0, 0.1) is 0 Å². The average molecular weight is 1480 g/mol. The van der Waals surface area contributed by atoms with Crippen molar-refractivity contribution >= 4 is 35.7 Å². The number of ether oxygens (including phenoxy) is 4. The molecule has 0 bridgehead atoms. The minimum Gasteiger partial charge on any atom is -0.464 e. The van der Waals surface area contributed by atoms with Crippen LogP contribution in [0.3, 0.4) is 0 Å². The molecule has 0 aromatic rings. The van der Waals surface area contributed by atoms with Gasteiger partial charge in [-0.1, -0.05) is 253 Å². The van der Waals surface area contributed by atoms with Gasteiger partial charge in [0.25, 0.3) is 0 Å². The second-order valence-corrected chi connectivity index (χ2v) is 29.6. The highest BCUT2D eigenvalue weighted by molar-refractivity contribution is 5.96. The Morgan fingerprint density at radius 1 is 0.264 bits per heavy atom. The van der Waals surface area contributed by atoms with Gasteiger partial charge < -0.3 is 29.6 Å². The molecule has 14 heteroatoms. The smallest absolute Gasteiger partial charge is 0.305 e. The van der Waals surface area contributed by atoms with Gasteiger partial charge in [0.05, 0.1) is 0 Å². The maximum absolute atomic E-state index is 13.5. The first-order chi connectivity index (χ1) is 52.1. The van der Waals surface area contributed by atoms with Gasteiger partial charge in [-0.3, -0.25) is 38.6 Å². The van der Waals surface area contributed by atoms with Crippen LogP contribution in [0.1, 0.15) is 374 Å². The van der Waals surface area contributed by atoms with Crippen LogP contribution in [0.5, 0.6) is 0 Å². The Hall–Kier alpha value is -5.34. The SMILES string of the molecule is CCCCC/C=C/C/C=C/CCCCCCCC(=O)OCCN(CCCCC1NC(=O)C(CCCCN(CCOC(=O)CCCCCCC/C=C/C/C=C/CCCCC)CCOC(=O)CCCCCCC/C=C/C/C=C/CCCCC)NC1=O)CCOC(=O)CCCCCCC/C=C/C/C=C/CCCCC. The molecule has 0 spiro atoms. The first-order valence-electron chi connectivity index (χ1n) is 44.0. The van der Waals surface area contributed by atoms with Crippen molar-refractivity contribution in [3.05, 3.63) is 97.2 Å². The monoisotopic (exact) mass is 1480 g/mol. The molecule has 14 nitrogen and oxygen atoms in total. The van der Waals surface area contributed by atoms with Gasteiger partial charge in [-0.15, -0.1) is 0 Å². The van der Waals surface area contributed by atoms with E-state index in [2.05, 4.69) is 145 Å². The van der Waals surface area contributed by atoms with Gasteiger partial charge in [0.15, 0.2) is 0 Å². The summed E-state index contributed by atoms with van der Waals surface area (Å²) in [6.45, 7) is 13.3. The van der Waals surface area contributed by atoms with Crippen molar-refractivity contribution < 1.29 is 47.7 Å². The molecule has 0 radical (unpaired) electrons. The molecule has 0 aromatic carbocycles. The van der Waals surface area contributed by atoms with Gasteiger partial charge >= 0.3 is 23.9 Å². The van der Waals surface area contributed by atoms with Gasteiger partial charge in [-0.25, -0.2) is 0 Å². The Morgan fingerprint density at radius 2 is 0.472 bits per heavy atom. The summed E-state index contributed by atoms with van der Waals surface area (Å²) in [6.07, 6.45) is 91.4. The molecule has 1 aliphatic rings. The number of hydrogen-bond acceptors (Lipinski definition) is 12. The number of rotatable bonds is 78. The van der Waals surface area contributed by atoms with E-state index in [0.717, 1.165) is 193 Å². The van der Waals surface area contributed by atoms with Crippen molar-refractivity contribution in [2.75, 3.05) is 65.7 Å². The Kier molecular flexibility index (Phi) is 73.7. The fourth-order valence-corrected chi connectivity index (χ4v) is 12.9. The summed E-state index contributed by atoms with van der Waals surface area (Å²) >= 11 is 0. The summed E-state index contributed by atoms with van der Waals surface area (Å²) in [4.78, 5) is 82.5.